The molecule has 1 amide bonds. The molecule has 0 aromatic heterocycles. The van der Waals surface area contributed by atoms with Gasteiger partial charge in [0.05, 0.1) is 19.6 Å². The third-order valence-corrected chi connectivity index (χ3v) is 3.18. The van der Waals surface area contributed by atoms with E-state index in [4.69, 9.17) is 10.00 Å². The van der Waals surface area contributed by atoms with E-state index in [2.05, 4.69) is 26.1 Å². The molecule has 0 unspecified atom stereocenters. The van der Waals surface area contributed by atoms with Gasteiger partial charge in [0.1, 0.15) is 12.3 Å². The predicted molar refractivity (Wildman–Crippen MR) is 78.8 cm³/mol. The lowest BCUT2D eigenvalue weighted by Crippen LogP contribution is -2.26. The fourth-order valence-corrected chi connectivity index (χ4v) is 2.05. The molecule has 0 bridgehead atoms. The maximum Gasteiger partial charge on any atom is 0.225 e. The average molecular weight is 274 g/mol. The Morgan fingerprint density at radius 3 is 2.55 bits per heavy atom. The lowest BCUT2D eigenvalue weighted by atomic mass is 9.84. The Kier molecular flexibility index (Phi) is 5.15. The summed E-state index contributed by atoms with van der Waals surface area (Å²) < 4.78 is 5.43. The molecule has 20 heavy (non-hydrogen) atoms. The van der Waals surface area contributed by atoms with Gasteiger partial charge in [-0.3, -0.25) is 4.79 Å². The normalized spacial score (nSPS) is 10.8. The summed E-state index contributed by atoms with van der Waals surface area (Å²) in [4.78, 5) is 11.7. The van der Waals surface area contributed by atoms with Gasteiger partial charge in [-0.05, 0) is 35.1 Å². The van der Waals surface area contributed by atoms with E-state index in [1.165, 1.54) is 0 Å². The Morgan fingerprint density at radius 2 is 2.05 bits per heavy atom. The Hall–Kier alpha value is -2.02. The number of methoxy groups -OCH3 is 1. The Bertz CT molecular complexity index is 537. The number of ether oxygens (including phenoxy) is 1. The summed E-state index contributed by atoms with van der Waals surface area (Å²) >= 11 is 0. The van der Waals surface area contributed by atoms with Crippen molar-refractivity contribution >= 4 is 5.91 Å². The van der Waals surface area contributed by atoms with Crippen LogP contribution in [0.25, 0.3) is 0 Å². The second-order valence-electron chi connectivity index (χ2n) is 5.84. The average Bonchev–Trinajstić information content (AvgIpc) is 2.36. The fourth-order valence-electron chi connectivity index (χ4n) is 2.05. The van der Waals surface area contributed by atoms with Crippen LogP contribution in [0, 0.1) is 18.3 Å². The number of carbonyl (C=O) groups excluding carboxylic acids is 1. The molecule has 0 heterocycles. The molecule has 1 rings (SSSR count). The van der Waals surface area contributed by atoms with Crippen molar-refractivity contribution in [3.63, 3.8) is 0 Å². The lowest BCUT2D eigenvalue weighted by Gasteiger charge is -2.24. The van der Waals surface area contributed by atoms with Gasteiger partial charge in [-0.25, -0.2) is 0 Å². The number of hydrogen-bond acceptors (Lipinski definition) is 3. The molecule has 0 atom stereocenters. The van der Waals surface area contributed by atoms with Crippen LogP contribution in [0.1, 0.15) is 37.5 Å². The first kappa shape index (κ1) is 16.0. The van der Waals surface area contributed by atoms with Gasteiger partial charge < -0.3 is 10.1 Å². The van der Waals surface area contributed by atoms with E-state index in [1.807, 2.05) is 25.1 Å². The number of carbonyl (C=O) groups is 1. The second-order valence-corrected chi connectivity index (χ2v) is 5.84. The standard InChI is InChI=1S/C16H22N2O2/c1-11-8-14(20-5)13(16(2,3)4)9-12(11)10-15(19)18-7-6-17/h8-9H,7,10H2,1-5H3,(H,18,19). The van der Waals surface area contributed by atoms with Crippen molar-refractivity contribution in [3.05, 3.63) is 28.8 Å². The summed E-state index contributed by atoms with van der Waals surface area (Å²) in [6.07, 6.45) is 0.278. The van der Waals surface area contributed by atoms with Crippen LogP contribution in [0.4, 0.5) is 0 Å². The highest BCUT2D eigenvalue weighted by molar-refractivity contribution is 5.79. The van der Waals surface area contributed by atoms with Crippen LogP contribution < -0.4 is 10.1 Å². The highest BCUT2D eigenvalue weighted by atomic mass is 16.5. The van der Waals surface area contributed by atoms with Crippen molar-refractivity contribution < 1.29 is 9.53 Å². The molecule has 0 aliphatic rings. The molecule has 1 N–H and O–H groups in total. The molecule has 0 fully saturated rings. The lowest BCUT2D eigenvalue weighted by molar-refractivity contribution is -0.120. The van der Waals surface area contributed by atoms with Crippen molar-refractivity contribution in [2.45, 2.75) is 39.5 Å². The number of hydrogen-bond donors (Lipinski definition) is 1. The smallest absolute Gasteiger partial charge is 0.225 e. The largest absolute Gasteiger partial charge is 0.496 e. The number of nitrogens with one attached hydrogen (secondary N) is 1. The predicted octanol–water partition coefficient (Wildman–Crippen LogP) is 2.48. The van der Waals surface area contributed by atoms with E-state index >= 15 is 0 Å². The zero-order valence-corrected chi connectivity index (χ0v) is 12.8. The number of nitrogens with zero attached hydrogens (tertiary/aromatic N) is 1. The summed E-state index contributed by atoms with van der Waals surface area (Å²) in [5.41, 5.74) is 3.00. The fraction of sp³-hybridized carbons (Fsp3) is 0.500. The van der Waals surface area contributed by atoms with Crippen LogP contribution in [0.2, 0.25) is 0 Å². The van der Waals surface area contributed by atoms with Crippen molar-refractivity contribution in [3.8, 4) is 11.8 Å². The van der Waals surface area contributed by atoms with Gasteiger partial charge in [0.25, 0.3) is 0 Å². The van der Waals surface area contributed by atoms with Gasteiger partial charge in [-0.15, -0.1) is 0 Å². The zero-order valence-electron chi connectivity index (χ0n) is 12.8. The van der Waals surface area contributed by atoms with Gasteiger partial charge in [0.2, 0.25) is 5.91 Å². The molecule has 0 radical (unpaired) electrons. The minimum absolute atomic E-state index is 0.0418. The highest BCUT2D eigenvalue weighted by Crippen LogP contribution is 2.33. The summed E-state index contributed by atoms with van der Waals surface area (Å²) in [5, 5.41) is 11.0. The first-order valence-corrected chi connectivity index (χ1v) is 6.61. The van der Waals surface area contributed by atoms with E-state index in [1.54, 1.807) is 7.11 Å². The highest BCUT2D eigenvalue weighted by Gasteiger charge is 2.21. The van der Waals surface area contributed by atoms with Crippen LogP contribution in [0.15, 0.2) is 12.1 Å². The molecule has 0 aliphatic carbocycles. The third kappa shape index (κ3) is 3.99. The molecular weight excluding hydrogens is 252 g/mol. The van der Waals surface area contributed by atoms with Crippen molar-refractivity contribution in [1.29, 1.82) is 5.26 Å². The van der Waals surface area contributed by atoms with Gasteiger partial charge in [0, 0.05) is 0 Å². The molecule has 4 heteroatoms. The quantitative estimate of drug-likeness (QED) is 0.858. The van der Waals surface area contributed by atoms with Gasteiger partial charge in [0.15, 0.2) is 0 Å². The van der Waals surface area contributed by atoms with Crippen molar-refractivity contribution in [2.24, 2.45) is 0 Å². The Morgan fingerprint density at radius 1 is 1.40 bits per heavy atom. The van der Waals surface area contributed by atoms with E-state index in [0.29, 0.717) is 0 Å². The summed E-state index contributed by atoms with van der Waals surface area (Å²) in [6.45, 7) is 8.33. The summed E-state index contributed by atoms with van der Waals surface area (Å²) in [6, 6.07) is 5.89. The summed E-state index contributed by atoms with van der Waals surface area (Å²) in [5.74, 6) is 0.704. The molecule has 4 nitrogen and oxygen atoms in total. The number of benzene rings is 1. The van der Waals surface area contributed by atoms with Gasteiger partial charge >= 0.3 is 0 Å². The minimum Gasteiger partial charge on any atom is -0.496 e. The molecule has 0 aliphatic heterocycles. The molecule has 1 aromatic rings. The van der Waals surface area contributed by atoms with Gasteiger partial charge in [-0.2, -0.15) is 5.26 Å². The molecule has 0 saturated carbocycles. The monoisotopic (exact) mass is 274 g/mol. The third-order valence-electron chi connectivity index (χ3n) is 3.18. The Balaban J connectivity index is 3.10. The molecule has 1 aromatic carbocycles. The summed E-state index contributed by atoms with van der Waals surface area (Å²) in [7, 11) is 1.66. The maximum atomic E-state index is 11.7. The first-order valence-electron chi connectivity index (χ1n) is 6.61. The minimum atomic E-state index is -0.139. The first-order chi connectivity index (χ1) is 9.29. The number of amides is 1. The van der Waals surface area contributed by atoms with Crippen LogP contribution in [0.5, 0.6) is 5.75 Å². The van der Waals surface area contributed by atoms with Crippen LogP contribution in [-0.4, -0.2) is 19.6 Å². The van der Waals surface area contributed by atoms with E-state index in [0.717, 1.165) is 22.4 Å². The Labute approximate surface area is 120 Å². The zero-order chi connectivity index (χ0) is 15.3. The van der Waals surface area contributed by atoms with Crippen LogP contribution in [0.3, 0.4) is 0 Å². The molecule has 108 valence electrons. The number of nitriles is 1. The number of aryl methyl sites for hydroxylation is 1. The van der Waals surface area contributed by atoms with Crippen molar-refractivity contribution in [1.82, 2.24) is 5.32 Å². The van der Waals surface area contributed by atoms with Gasteiger partial charge in [-0.1, -0.05) is 26.8 Å². The van der Waals surface area contributed by atoms with Crippen LogP contribution >= 0.6 is 0 Å². The maximum absolute atomic E-state index is 11.7. The van der Waals surface area contributed by atoms with E-state index in [-0.39, 0.29) is 24.3 Å². The topological polar surface area (TPSA) is 62.1 Å². The SMILES string of the molecule is COc1cc(C)c(CC(=O)NCC#N)cc1C(C)(C)C. The van der Waals surface area contributed by atoms with Crippen molar-refractivity contribution in [2.75, 3.05) is 13.7 Å². The molecule has 0 saturated heterocycles. The molecule has 0 spiro atoms. The second kappa shape index (κ2) is 6.42. The number of rotatable bonds is 4. The van der Waals surface area contributed by atoms with E-state index < -0.39 is 0 Å². The molecular formula is C16H22N2O2. The van der Waals surface area contributed by atoms with E-state index in [9.17, 15) is 4.79 Å². The van der Waals surface area contributed by atoms with Crippen LogP contribution in [-0.2, 0) is 16.6 Å².